The van der Waals surface area contributed by atoms with Crippen LogP contribution in [-0.2, 0) is 10.5 Å². The van der Waals surface area contributed by atoms with E-state index in [1.54, 1.807) is 11.8 Å². The standard InChI is InChI=1S/C23H26N4OS/c1-19-7-9-21(10-8-19)27-12-11-24-23(27)26-15-13-25(14-16-26)22(28)18-29-17-20-5-3-2-4-6-20/h2-12H,13-18H2,1H3. The summed E-state index contributed by atoms with van der Waals surface area (Å²) in [4.78, 5) is 21.4. The molecule has 0 saturated carbocycles. The molecule has 0 N–H and O–H groups in total. The van der Waals surface area contributed by atoms with E-state index in [1.165, 1.54) is 11.1 Å². The van der Waals surface area contributed by atoms with E-state index < -0.39 is 0 Å². The number of hydrogen-bond acceptors (Lipinski definition) is 4. The van der Waals surface area contributed by atoms with Gasteiger partial charge in [0.1, 0.15) is 0 Å². The van der Waals surface area contributed by atoms with Crippen LogP contribution in [0.1, 0.15) is 11.1 Å². The van der Waals surface area contributed by atoms with Crippen LogP contribution in [0.25, 0.3) is 5.69 Å². The monoisotopic (exact) mass is 406 g/mol. The molecule has 1 saturated heterocycles. The fourth-order valence-electron chi connectivity index (χ4n) is 3.51. The zero-order valence-corrected chi connectivity index (χ0v) is 17.5. The minimum absolute atomic E-state index is 0.229. The molecular weight excluding hydrogens is 380 g/mol. The predicted octanol–water partition coefficient (Wildman–Crippen LogP) is 3.76. The van der Waals surface area contributed by atoms with Gasteiger partial charge in [0.25, 0.3) is 0 Å². The number of hydrogen-bond donors (Lipinski definition) is 0. The van der Waals surface area contributed by atoms with E-state index in [0.29, 0.717) is 5.75 Å². The van der Waals surface area contributed by atoms with E-state index in [4.69, 9.17) is 0 Å². The van der Waals surface area contributed by atoms with Crippen LogP contribution in [0, 0.1) is 6.92 Å². The van der Waals surface area contributed by atoms with Crippen molar-refractivity contribution in [3.05, 3.63) is 78.1 Å². The Morgan fingerprint density at radius 3 is 2.45 bits per heavy atom. The lowest BCUT2D eigenvalue weighted by Gasteiger charge is -2.35. The van der Waals surface area contributed by atoms with Crippen molar-refractivity contribution in [2.75, 3.05) is 36.8 Å². The molecule has 2 heterocycles. The van der Waals surface area contributed by atoms with Crippen LogP contribution in [0.2, 0.25) is 0 Å². The highest BCUT2D eigenvalue weighted by Crippen LogP contribution is 2.20. The van der Waals surface area contributed by atoms with Crippen molar-refractivity contribution in [3.8, 4) is 5.69 Å². The van der Waals surface area contributed by atoms with Crippen molar-refractivity contribution >= 4 is 23.6 Å². The molecule has 0 aliphatic carbocycles. The van der Waals surface area contributed by atoms with Gasteiger partial charge in [0.15, 0.2) is 0 Å². The molecule has 1 fully saturated rings. The Bertz CT molecular complexity index is 931. The van der Waals surface area contributed by atoms with Gasteiger partial charge in [0.2, 0.25) is 11.9 Å². The summed E-state index contributed by atoms with van der Waals surface area (Å²) in [6.45, 7) is 5.18. The van der Waals surface area contributed by atoms with E-state index in [2.05, 4.69) is 57.8 Å². The van der Waals surface area contributed by atoms with Gasteiger partial charge in [-0.15, -0.1) is 11.8 Å². The number of thioether (sulfide) groups is 1. The van der Waals surface area contributed by atoms with Crippen LogP contribution in [0.15, 0.2) is 67.0 Å². The van der Waals surface area contributed by atoms with Crippen molar-refractivity contribution in [1.29, 1.82) is 0 Å². The molecule has 0 radical (unpaired) electrons. The average molecular weight is 407 g/mol. The highest BCUT2D eigenvalue weighted by molar-refractivity contribution is 7.99. The van der Waals surface area contributed by atoms with Gasteiger partial charge in [-0.2, -0.15) is 0 Å². The van der Waals surface area contributed by atoms with Crippen LogP contribution in [0.5, 0.6) is 0 Å². The molecule has 0 unspecified atom stereocenters. The van der Waals surface area contributed by atoms with E-state index in [1.807, 2.05) is 35.5 Å². The van der Waals surface area contributed by atoms with E-state index in [9.17, 15) is 4.79 Å². The second-order valence-corrected chi connectivity index (χ2v) is 8.26. The zero-order chi connectivity index (χ0) is 20.1. The molecule has 5 nitrogen and oxygen atoms in total. The van der Waals surface area contributed by atoms with Crippen LogP contribution in [0.3, 0.4) is 0 Å². The quantitative estimate of drug-likeness (QED) is 0.625. The normalized spacial score (nSPS) is 14.2. The molecule has 0 bridgehead atoms. The molecule has 2 aromatic carbocycles. The SMILES string of the molecule is Cc1ccc(-n2ccnc2N2CCN(C(=O)CSCc3ccccc3)CC2)cc1. The Hall–Kier alpha value is -2.73. The number of anilines is 1. The third-order valence-electron chi connectivity index (χ3n) is 5.19. The first kappa shape index (κ1) is 19.6. The number of imidazole rings is 1. The summed E-state index contributed by atoms with van der Waals surface area (Å²) in [5.41, 5.74) is 3.62. The number of benzene rings is 2. The number of carbonyl (C=O) groups is 1. The average Bonchev–Trinajstić information content (AvgIpc) is 3.25. The summed E-state index contributed by atoms with van der Waals surface area (Å²) >= 11 is 1.69. The number of piperazine rings is 1. The van der Waals surface area contributed by atoms with E-state index in [-0.39, 0.29) is 5.91 Å². The second kappa shape index (κ2) is 9.18. The topological polar surface area (TPSA) is 41.4 Å². The lowest BCUT2D eigenvalue weighted by atomic mass is 10.2. The molecule has 0 atom stereocenters. The van der Waals surface area contributed by atoms with Crippen molar-refractivity contribution < 1.29 is 4.79 Å². The molecule has 29 heavy (non-hydrogen) atoms. The van der Waals surface area contributed by atoms with Crippen LogP contribution in [0.4, 0.5) is 5.95 Å². The molecule has 6 heteroatoms. The van der Waals surface area contributed by atoms with Crippen molar-refractivity contribution in [2.24, 2.45) is 0 Å². The maximum Gasteiger partial charge on any atom is 0.232 e. The molecule has 1 aliphatic heterocycles. The lowest BCUT2D eigenvalue weighted by Crippen LogP contribution is -2.50. The maximum atomic E-state index is 12.6. The van der Waals surface area contributed by atoms with Gasteiger partial charge >= 0.3 is 0 Å². The fraction of sp³-hybridized carbons (Fsp3) is 0.304. The fourth-order valence-corrected chi connectivity index (χ4v) is 4.40. The van der Waals surface area contributed by atoms with Crippen molar-refractivity contribution in [2.45, 2.75) is 12.7 Å². The first-order valence-corrected chi connectivity index (χ1v) is 11.1. The maximum absolute atomic E-state index is 12.6. The molecule has 3 aromatic rings. The summed E-state index contributed by atoms with van der Waals surface area (Å²) < 4.78 is 2.12. The largest absolute Gasteiger partial charge is 0.338 e. The Morgan fingerprint density at radius 1 is 1.00 bits per heavy atom. The van der Waals surface area contributed by atoms with E-state index >= 15 is 0 Å². The molecule has 1 aromatic heterocycles. The Kier molecular flexibility index (Phi) is 6.20. The first-order valence-electron chi connectivity index (χ1n) is 9.95. The predicted molar refractivity (Wildman–Crippen MR) is 120 cm³/mol. The summed E-state index contributed by atoms with van der Waals surface area (Å²) in [7, 11) is 0. The van der Waals surface area contributed by atoms with Gasteiger partial charge in [-0.25, -0.2) is 4.98 Å². The Morgan fingerprint density at radius 2 is 1.72 bits per heavy atom. The van der Waals surface area contributed by atoms with Crippen molar-refractivity contribution in [3.63, 3.8) is 0 Å². The minimum Gasteiger partial charge on any atom is -0.338 e. The zero-order valence-electron chi connectivity index (χ0n) is 16.7. The van der Waals surface area contributed by atoms with Crippen LogP contribution >= 0.6 is 11.8 Å². The highest BCUT2D eigenvalue weighted by Gasteiger charge is 2.23. The number of aromatic nitrogens is 2. The molecular formula is C23H26N4OS. The third-order valence-corrected chi connectivity index (χ3v) is 6.17. The number of carbonyl (C=O) groups excluding carboxylic acids is 1. The van der Waals surface area contributed by atoms with Gasteiger partial charge < -0.3 is 9.80 Å². The third kappa shape index (κ3) is 4.82. The van der Waals surface area contributed by atoms with Gasteiger partial charge in [-0.3, -0.25) is 9.36 Å². The Labute approximate surface area is 176 Å². The van der Waals surface area contributed by atoms with Crippen LogP contribution in [-0.4, -0.2) is 52.3 Å². The molecule has 1 aliphatic rings. The first-order chi connectivity index (χ1) is 14.2. The highest BCUT2D eigenvalue weighted by atomic mass is 32.2. The second-order valence-electron chi connectivity index (χ2n) is 7.28. The molecule has 0 spiro atoms. The van der Waals surface area contributed by atoms with Gasteiger partial charge in [0, 0.05) is 50.0 Å². The minimum atomic E-state index is 0.229. The van der Waals surface area contributed by atoms with Gasteiger partial charge in [-0.1, -0.05) is 48.0 Å². The van der Waals surface area contributed by atoms with Crippen molar-refractivity contribution in [1.82, 2.24) is 14.5 Å². The number of rotatable bonds is 6. The number of amides is 1. The number of aryl methyl sites for hydroxylation is 1. The summed E-state index contributed by atoms with van der Waals surface area (Å²) in [6.07, 6.45) is 3.84. The smallest absolute Gasteiger partial charge is 0.232 e. The summed E-state index contributed by atoms with van der Waals surface area (Å²) in [6, 6.07) is 18.8. The Balaban J connectivity index is 1.30. The lowest BCUT2D eigenvalue weighted by molar-refractivity contribution is -0.128. The molecule has 1 amide bonds. The van der Waals surface area contributed by atoms with E-state index in [0.717, 1.165) is 43.6 Å². The number of nitrogens with zero attached hydrogens (tertiary/aromatic N) is 4. The molecule has 150 valence electrons. The summed E-state index contributed by atoms with van der Waals surface area (Å²) in [5, 5.41) is 0. The van der Waals surface area contributed by atoms with Gasteiger partial charge in [0.05, 0.1) is 5.75 Å². The van der Waals surface area contributed by atoms with Crippen LogP contribution < -0.4 is 4.90 Å². The summed E-state index contributed by atoms with van der Waals surface area (Å²) in [5.74, 6) is 2.58. The molecule has 4 rings (SSSR count). The van der Waals surface area contributed by atoms with Gasteiger partial charge in [-0.05, 0) is 24.6 Å².